The van der Waals surface area contributed by atoms with Crippen molar-refractivity contribution in [2.45, 2.75) is 53.2 Å². The second-order valence-corrected chi connectivity index (χ2v) is 12.3. The predicted octanol–water partition coefficient (Wildman–Crippen LogP) is 7.76. The molecular weight excluding hydrogens is 520 g/mol. The Hall–Kier alpha value is -3.84. The maximum absolute atomic E-state index is 13.5. The van der Waals surface area contributed by atoms with Crippen molar-refractivity contribution in [2.24, 2.45) is 16.3 Å². The van der Waals surface area contributed by atoms with Crippen molar-refractivity contribution in [3.05, 3.63) is 99.8 Å². The van der Waals surface area contributed by atoms with Crippen molar-refractivity contribution in [3.8, 4) is 11.5 Å². The molecule has 2 aromatic heterocycles. The second-order valence-electron chi connectivity index (χ2n) is 11.2. The smallest absolute Gasteiger partial charge is 0.255 e. The normalized spacial score (nSPS) is 15.2. The minimum absolute atomic E-state index is 0.113. The van der Waals surface area contributed by atoms with E-state index in [9.17, 15) is 4.79 Å². The predicted molar refractivity (Wildman–Crippen MR) is 160 cm³/mol. The molecule has 1 aliphatic carbocycles. The van der Waals surface area contributed by atoms with E-state index in [0.29, 0.717) is 36.1 Å². The van der Waals surface area contributed by atoms with Gasteiger partial charge in [-0.25, -0.2) is 4.99 Å². The van der Waals surface area contributed by atoms with Gasteiger partial charge in [-0.05, 0) is 77.6 Å². The van der Waals surface area contributed by atoms with E-state index in [2.05, 4.69) is 26.1 Å². The molecule has 7 heteroatoms. The fourth-order valence-electron chi connectivity index (χ4n) is 5.06. The molecule has 1 N–H and O–H groups in total. The molecule has 0 spiro atoms. The van der Waals surface area contributed by atoms with Gasteiger partial charge >= 0.3 is 0 Å². The van der Waals surface area contributed by atoms with E-state index < -0.39 is 0 Å². The summed E-state index contributed by atoms with van der Waals surface area (Å²) in [6.45, 7) is 7.69. The molecule has 5 rings (SSSR count). The number of benzene rings is 2. The highest BCUT2D eigenvalue weighted by molar-refractivity contribution is 7.16. The molecule has 0 saturated heterocycles. The Bertz CT molecular complexity index is 1470. The first-order chi connectivity index (χ1) is 19.3. The standard InChI is InChI=1S/C33H36N2O4S/c1-33(2,3)24-13-14-26-29(18-24)40-32(30(26)31(36)34-20-25-11-8-16-38-25)35-19-23-12-15-27(28(17-23)37-4)39-21-22-9-6-5-7-10-22/h5-12,15-17,19,24H,13-14,18,20-21H2,1-4H3,(H,34,36)/t24-/m1/s1. The minimum atomic E-state index is -0.113. The Balaban J connectivity index is 1.39. The van der Waals surface area contributed by atoms with Crippen molar-refractivity contribution in [3.63, 3.8) is 0 Å². The lowest BCUT2D eigenvalue weighted by Gasteiger charge is -2.33. The lowest BCUT2D eigenvalue weighted by atomic mass is 9.72. The number of furan rings is 1. The molecule has 1 atom stereocenters. The lowest BCUT2D eigenvalue weighted by Crippen LogP contribution is -2.28. The molecule has 2 aromatic carbocycles. The minimum Gasteiger partial charge on any atom is -0.493 e. The third-order valence-electron chi connectivity index (χ3n) is 7.46. The van der Waals surface area contributed by atoms with Crippen LogP contribution in [0.2, 0.25) is 0 Å². The number of aliphatic imine (C=N–C) groups is 1. The summed E-state index contributed by atoms with van der Waals surface area (Å²) in [6.07, 6.45) is 6.33. The number of ether oxygens (including phenoxy) is 2. The maximum atomic E-state index is 13.5. The van der Waals surface area contributed by atoms with Crippen molar-refractivity contribution in [1.29, 1.82) is 0 Å². The quantitative estimate of drug-likeness (QED) is 0.214. The Morgan fingerprint density at radius 3 is 2.67 bits per heavy atom. The van der Waals surface area contributed by atoms with Gasteiger partial charge in [0.05, 0.1) is 25.5 Å². The van der Waals surface area contributed by atoms with Crippen LogP contribution in [0.3, 0.4) is 0 Å². The number of carbonyl (C=O) groups excluding carboxylic acids is 1. The molecule has 4 aromatic rings. The van der Waals surface area contributed by atoms with Crippen LogP contribution in [0.15, 0.2) is 76.3 Å². The van der Waals surface area contributed by atoms with Gasteiger partial charge in [0.25, 0.3) is 5.91 Å². The topological polar surface area (TPSA) is 73.1 Å². The number of hydrogen-bond donors (Lipinski definition) is 1. The van der Waals surface area contributed by atoms with Crippen LogP contribution in [0.5, 0.6) is 11.5 Å². The molecule has 0 fully saturated rings. The summed E-state index contributed by atoms with van der Waals surface area (Å²) in [7, 11) is 1.63. The highest BCUT2D eigenvalue weighted by Gasteiger charge is 2.33. The summed E-state index contributed by atoms with van der Waals surface area (Å²) in [6, 6.07) is 19.5. The van der Waals surface area contributed by atoms with Crippen LogP contribution in [0, 0.1) is 11.3 Å². The first-order valence-corrected chi connectivity index (χ1v) is 14.5. The molecule has 1 amide bonds. The van der Waals surface area contributed by atoms with Crippen LogP contribution in [0.25, 0.3) is 0 Å². The van der Waals surface area contributed by atoms with Crippen LogP contribution in [-0.4, -0.2) is 19.2 Å². The highest BCUT2D eigenvalue weighted by atomic mass is 32.1. The molecule has 40 heavy (non-hydrogen) atoms. The first-order valence-electron chi connectivity index (χ1n) is 13.7. The summed E-state index contributed by atoms with van der Waals surface area (Å²) < 4.78 is 17.0. The molecule has 208 valence electrons. The van der Waals surface area contributed by atoms with E-state index in [4.69, 9.17) is 18.9 Å². The summed E-state index contributed by atoms with van der Waals surface area (Å²) >= 11 is 1.63. The van der Waals surface area contributed by atoms with Crippen molar-refractivity contribution in [1.82, 2.24) is 5.32 Å². The number of hydrogen-bond acceptors (Lipinski definition) is 6. The van der Waals surface area contributed by atoms with Crippen LogP contribution < -0.4 is 14.8 Å². The maximum Gasteiger partial charge on any atom is 0.255 e. The highest BCUT2D eigenvalue weighted by Crippen LogP contribution is 2.45. The van der Waals surface area contributed by atoms with Gasteiger partial charge < -0.3 is 19.2 Å². The van der Waals surface area contributed by atoms with E-state index >= 15 is 0 Å². The van der Waals surface area contributed by atoms with E-state index in [1.165, 1.54) is 4.88 Å². The van der Waals surface area contributed by atoms with Crippen LogP contribution in [-0.2, 0) is 26.0 Å². The van der Waals surface area contributed by atoms with E-state index in [0.717, 1.165) is 46.7 Å². The van der Waals surface area contributed by atoms with Gasteiger partial charge in [0, 0.05) is 11.1 Å². The average molecular weight is 557 g/mol. The van der Waals surface area contributed by atoms with E-state index in [1.54, 1.807) is 30.9 Å². The molecule has 2 heterocycles. The van der Waals surface area contributed by atoms with Gasteiger partial charge in [0.2, 0.25) is 0 Å². The Morgan fingerprint density at radius 1 is 1.12 bits per heavy atom. The van der Waals surface area contributed by atoms with Gasteiger partial charge in [-0.2, -0.15) is 0 Å². The Kier molecular flexibility index (Phi) is 8.40. The zero-order chi connectivity index (χ0) is 28.1. The average Bonchev–Trinajstić information content (AvgIpc) is 3.61. The molecule has 0 aliphatic heterocycles. The van der Waals surface area contributed by atoms with Crippen LogP contribution in [0.1, 0.15) is 64.9 Å². The molecule has 6 nitrogen and oxygen atoms in total. The second kappa shape index (κ2) is 12.1. The molecular formula is C33H36N2O4S. The van der Waals surface area contributed by atoms with Crippen LogP contribution >= 0.6 is 11.3 Å². The third kappa shape index (κ3) is 6.48. The summed E-state index contributed by atoms with van der Waals surface area (Å²) in [5.74, 6) is 2.48. The molecule has 1 aliphatic rings. The van der Waals surface area contributed by atoms with Crippen molar-refractivity contribution >= 4 is 28.5 Å². The van der Waals surface area contributed by atoms with E-state index in [1.807, 2.05) is 60.7 Å². The third-order valence-corrected chi connectivity index (χ3v) is 8.62. The van der Waals surface area contributed by atoms with Crippen molar-refractivity contribution in [2.75, 3.05) is 7.11 Å². The fraction of sp³-hybridized carbons (Fsp3) is 0.333. The van der Waals surface area contributed by atoms with Gasteiger partial charge in [-0.15, -0.1) is 11.3 Å². The van der Waals surface area contributed by atoms with Gasteiger partial charge in [0.15, 0.2) is 11.5 Å². The largest absolute Gasteiger partial charge is 0.493 e. The number of carbonyl (C=O) groups is 1. The molecule has 0 radical (unpaired) electrons. The number of methoxy groups -OCH3 is 1. The fourth-order valence-corrected chi connectivity index (χ4v) is 6.33. The lowest BCUT2D eigenvalue weighted by molar-refractivity contribution is 0.0947. The zero-order valence-electron chi connectivity index (χ0n) is 23.5. The number of thiophene rings is 1. The number of fused-ring (bicyclic) bond motifs is 1. The van der Waals surface area contributed by atoms with Gasteiger partial charge in [-0.3, -0.25) is 4.79 Å². The summed E-state index contributed by atoms with van der Waals surface area (Å²) in [5, 5.41) is 3.77. The number of amides is 1. The summed E-state index contributed by atoms with van der Waals surface area (Å²) in [5.41, 5.74) is 3.99. The summed E-state index contributed by atoms with van der Waals surface area (Å²) in [4.78, 5) is 19.6. The van der Waals surface area contributed by atoms with E-state index in [-0.39, 0.29) is 11.3 Å². The van der Waals surface area contributed by atoms with Gasteiger partial charge in [-0.1, -0.05) is 51.1 Å². The van der Waals surface area contributed by atoms with Crippen molar-refractivity contribution < 1.29 is 18.7 Å². The molecule has 0 unspecified atom stereocenters. The Labute approximate surface area is 240 Å². The van der Waals surface area contributed by atoms with Gasteiger partial charge in [0.1, 0.15) is 17.4 Å². The monoisotopic (exact) mass is 556 g/mol. The number of nitrogens with one attached hydrogen (secondary N) is 1. The molecule has 0 bridgehead atoms. The number of rotatable bonds is 9. The first kappa shape index (κ1) is 27.7. The Morgan fingerprint density at radius 2 is 1.95 bits per heavy atom. The number of nitrogens with zero attached hydrogens (tertiary/aromatic N) is 1. The molecule has 0 saturated carbocycles. The zero-order valence-corrected chi connectivity index (χ0v) is 24.3. The SMILES string of the molecule is COc1cc(C=Nc2sc3c(c2C(=O)NCc2ccco2)CC[C@@H](C(C)(C)C)C3)ccc1OCc1ccccc1. The van der Waals surface area contributed by atoms with Crippen LogP contribution in [0.4, 0.5) is 5.00 Å².